The molecule has 0 fully saturated rings. The third kappa shape index (κ3) is 5.44. The zero-order valence-electron chi connectivity index (χ0n) is 26.1. The van der Waals surface area contributed by atoms with Crippen molar-refractivity contribution in [3.63, 3.8) is 0 Å². The van der Waals surface area contributed by atoms with Crippen LogP contribution in [0.15, 0.2) is 91.0 Å². The van der Waals surface area contributed by atoms with Gasteiger partial charge in [0.05, 0.1) is 5.69 Å². The summed E-state index contributed by atoms with van der Waals surface area (Å²) in [6, 6.07) is 29.3. The highest BCUT2D eigenvalue weighted by atomic mass is 35.5. The Morgan fingerprint density at radius 3 is 2.40 bits per heavy atom. The van der Waals surface area contributed by atoms with Gasteiger partial charge in [-0.3, -0.25) is 9.59 Å². The molecule has 47 heavy (non-hydrogen) atoms. The van der Waals surface area contributed by atoms with Gasteiger partial charge in [0.25, 0.3) is 11.8 Å². The van der Waals surface area contributed by atoms with Gasteiger partial charge >= 0.3 is 0 Å². The average molecular weight is 643 g/mol. The second-order valence-electron chi connectivity index (χ2n) is 12.7. The Kier molecular flexibility index (Phi) is 7.49. The molecule has 236 valence electrons. The number of rotatable bonds is 7. The maximum Gasteiger partial charge on any atom is 0.274 e. The van der Waals surface area contributed by atoms with E-state index in [0.717, 1.165) is 64.5 Å². The highest BCUT2D eigenvalue weighted by Gasteiger charge is 2.39. The van der Waals surface area contributed by atoms with E-state index >= 15 is 0 Å². The lowest BCUT2D eigenvalue weighted by Gasteiger charge is -2.26. The molecule has 2 atom stereocenters. The summed E-state index contributed by atoms with van der Waals surface area (Å²) >= 11 is 6.83. The molecule has 3 N–H and O–H groups in total. The first-order chi connectivity index (χ1) is 22.9. The van der Waals surface area contributed by atoms with Gasteiger partial charge in [0.15, 0.2) is 0 Å². The minimum Gasteiger partial charge on any atom is -0.489 e. The Labute approximate surface area is 277 Å². The molecule has 3 heterocycles. The number of para-hydroxylation sites is 1. The van der Waals surface area contributed by atoms with Gasteiger partial charge < -0.3 is 24.9 Å². The maximum absolute atomic E-state index is 14.3. The first-order valence-corrected chi connectivity index (χ1v) is 16.7. The van der Waals surface area contributed by atoms with E-state index in [1.165, 1.54) is 16.7 Å². The molecular formula is C39H35ClN4O3. The second kappa shape index (κ2) is 12.0. The molecule has 2 amide bonds. The molecule has 8 heteroatoms. The van der Waals surface area contributed by atoms with Gasteiger partial charge in [-0.25, -0.2) is 0 Å². The molecule has 0 saturated heterocycles. The van der Waals surface area contributed by atoms with E-state index in [9.17, 15) is 9.59 Å². The van der Waals surface area contributed by atoms with Crippen molar-refractivity contribution in [1.29, 1.82) is 0 Å². The van der Waals surface area contributed by atoms with Crippen LogP contribution in [0.25, 0.3) is 21.8 Å². The molecule has 0 saturated carbocycles. The van der Waals surface area contributed by atoms with Crippen molar-refractivity contribution in [3.05, 3.63) is 125 Å². The molecule has 2 aliphatic rings. The Morgan fingerprint density at radius 1 is 0.872 bits per heavy atom. The van der Waals surface area contributed by atoms with Crippen LogP contribution in [0.2, 0.25) is 0 Å². The number of amides is 2. The lowest BCUT2D eigenvalue weighted by molar-refractivity contribution is 0.0982. The quantitative estimate of drug-likeness (QED) is 0.152. The summed E-state index contributed by atoms with van der Waals surface area (Å²) < 4.78 is 6.47. The van der Waals surface area contributed by atoms with E-state index in [4.69, 9.17) is 16.3 Å². The van der Waals surface area contributed by atoms with E-state index < -0.39 is 0 Å². The fraction of sp³-hybridized carbons (Fsp3) is 0.231. The molecule has 4 aromatic carbocycles. The largest absolute Gasteiger partial charge is 0.489 e. The Balaban J connectivity index is 1.09. The number of benzene rings is 4. The summed E-state index contributed by atoms with van der Waals surface area (Å²) in [5, 5.41) is 4.66. The van der Waals surface area contributed by atoms with Crippen molar-refractivity contribution in [3.8, 4) is 5.75 Å². The third-order valence-corrected chi connectivity index (χ3v) is 9.90. The normalized spacial score (nSPS) is 16.2. The number of nitrogens with zero attached hydrogens (tertiary/aromatic N) is 1. The van der Waals surface area contributed by atoms with Crippen LogP contribution in [-0.4, -0.2) is 33.7 Å². The maximum atomic E-state index is 14.3. The summed E-state index contributed by atoms with van der Waals surface area (Å²) in [5.41, 5.74) is 9.09. The van der Waals surface area contributed by atoms with Crippen LogP contribution >= 0.6 is 11.6 Å². The van der Waals surface area contributed by atoms with Crippen molar-refractivity contribution in [2.45, 2.75) is 50.5 Å². The van der Waals surface area contributed by atoms with Crippen LogP contribution < -0.4 is 15.0 Å². The van der Waals surface area contributed by atoms with Gasteiger partial charge in [0, 0.05) is 51.4 Å². The molecule has 7 nitrogen and oxygen atoms in total. The fourth-order valence-corrected chi connectivity index (χ4v) is 7.44. The van der Waals surface area contributed by atoms with Gasteiger partial charge in [-0.2, -0.15) is 0 Å². The van der Waals surface area contributed by atoms with Crippen molar-refractivity contribution < 1.29 is 14.3 Å². The summed E-state index contributed by atoms with van der Waals surface area (Å²) in [6.07, 6.45) is 4.16. The second-order valence-corrected chi connectivity index (χ2v) is 13.3. The smallest absolute Gasteiger partial charge is 0.274 e. The number of anilines is 2. The first-order valence-electron chi connectivity index (χ1n) is 16.3. The summed E-state index contributed by atoms with van der Waals surface area (Å²) in [4.78, 5) is 35.7. The van der Waals surface area contributed by atoms with Crippen LogP contribution in [0.4, 0.5) is 11.4 Å². The van der Waals surface area contributed by atoms with Gasteiger partial charge in [0.1, 0.15) is 23.7 Å². The monoisotopic (exact) mass is 642 g/mol. The highest BCUT2D eigenvalue weighted by molar-refractivity contribution is 6.21. The SMILES string of the molecule is C[C@H](Cl)[C@@H]1CN(C(=O)c2cc3cc(NC(=O)c4cc5ccccc5[nH]4)ccc3[nH]2)c2cc(OCc3ccccc3)c3c(c21)CCCC3. The number of halogens is 1. The molecule has 0 unspecified atom stereocenters. The van der Waals surface area contributed by atoms with Crippen molar-refractivity contribution in [2.24, 2.45) is 0 Å². The third-order valence-electron chi connectivity index (χ3n) is 9.60. The van der Waals surface area contributed by atoms with Crippen molar-refractivity contribution in [2.75, 3.05) is 16.8 Å². The standard InChI is InChI=1S/C39H35ClN4O3/c1-23(40)30-21-44(35-20-36(47-22-24-9-3-2-4-10-24)28-12-6-7-13-29(28)37(30)35)39(46)34-19-26-17-27(15-16-32(26)43-34)41-38(45)33-18-25-11-5-8-14-31(25)42-33/h2-5,8-11,14-20,23,30,42-43H,6-7,12-13,21-22H2,1H3,(H,41,45)/t23-,30-/m0/s1. The predicted octanol–water partition coefficient (Wildman–Crippen LogP) is 8.73. The van der Waals surface area contributed by atoms with Gasteiger partial charge in [-0.1, -0.05) is 48.5 Å². The summed E-state index contributed by atoms with van der Waals surface area (Å²) in [5.74, 6) is 0.544. The van der Waals surface area contributed by atoms with Gasteiger partial charge in [0.2, 0.25) is 0 Å². The van der Waals surface area contributed by atoms with Crippen molar-refractivity contribution >= 4 is 56.6 Å². The van der Waals surface area contributed by atoms with Crippen molar-refractivity contribution in [1.82, 2.24) is 9.97 Å². The number of H-pyrrole nitrogens is 2. The summed E-state index contributed by atoms with van der Waals surface area (Å²) in [7, 11) is 0. The molecule has 6 aromatic rings. The van der Waals surface area contributed by atoms with E-state index in [1.54, 1.807) is 0 Å². The molecule has 0 radical (unpaired) electrons. The lowest BCUT2D eigenvalue weighted by atomic mass is 9.82. The Bertz CT molecular complexity index is 2120. The lowest BCUT2D eigenvalue weighted by Crippen LogP contribution is -2.31. The number of carbonyl (C=O) groups is 2. The van der Waals surface area contributed by atoms with E-state index in [1.807, 2.05) is 84.6 Å². The highest BCUT2D eigenvalue weighted by Crippen LogP contribution is 2.48. The van der Waals surface area contributed by atoms with Gasteiger partial charge in [-0.15, -0.1) is 11.6 Å². The average Bonchev–Trinajstić information content (AvgIpc) is 3.82. The van der Waals surface area contributed by atoms with E-state index in [0.29, 0.717) is 30.2 Å². The molecule has 2 aromatic heterocycles. The van der Waals surface area contributed by atoms with Crippen LogP contribution in [-0.2, 0) is 19.4 Å². The van der Waals surface area contributed by atoms with Crippen LogP contribution in [0.1, 0.15) is 68.9 Å². The number of ether oxygens (including phenoxy) is 1. The number of aromatic amines is 2. The molecule has 1 aliphatic heterocycles. The first kappa shape index (κ1) is 29.4. The number of hydrogen-bond acceptors (Lipinski definition) is 3. The topological polar surface area (TPSA) is 90.2 Å². The molecule has 0 spiro atoms. The Hall–Kier alpha value is -5.01. The number of carbonyl (C=O) groups excluding carboxylic acids is 2. The van der Waals surface area contributed by atoms with Crippen LogP contribution in [0, 0.1) is 0 Å². The van der Waals surface area contributed by atoms with Crippen LogP contribution in [0.5, 0.6) is 5.75 Å². The number of alkyl halides is 1. The zero-order valence-corrected chi connectivity index (χ0v) is 26.9. The number of fused-ring (bicyclic) bond motifs is 5. The van der Waals surface area contributed by atoms with Crippen LogP contribution in [0.3, 0.4) is 0 Å². The number of hydrogen-bond donors (Lipinski definition) is 3. The fourth-order valence-electron chi connectivity index (χ4n) is 7.24. The van der Waals surface area contributed by atoms with E-state index in [-0.39, 0.29) is 23.1 Å². The molecule has 8 rings (SSSR count). The molecular weight excluding hydrogens is 608 g/mol. The Morgan fingerprint density at radius 2 is 1.60 bits per heavy atom. The number of nitrogens with one attached hydrogen (secondary N) is 3. The molecule has 0 bridgehead atoms. The minimum atomic E-state index is -0.226. The van der Waals surface area contributed by atoms with E-state index in [2.05, 4.69) is 33.5 Å². The van der Waals surface area contributed by atoms with Gasteiger partial charge in [-0.05, 0) is 91.3 Å². The molecule has 1 aliphatic carbocycles. The predicted molar refractivity (Wildman–Crippen MR) is 188 cm³/mol. The minimum absolute atomic E-state index is 0.0291. The number of aromatic nitrogens is 2. The summed E-state index contributed by atoms with van der Waals surface area (Å²) in [6.45, 7) is 3.00. The zero-order chi connectivity index (χ0) is 32.1.